The Bertz CT molecular complexity index is 596. The molecule has 7 nitrogen and oxygen atoms in total. The van der Waals surface area contributed by atoms with Crippen molar-refractivity contribution in [2.75, 3.05) is 26.5 Å². The molecule has 0 spiro atoms. The van der Waals surface area contributed by atoms with E-state index in [2.05, 4.69) is 17.0 Å². The van der Waals surface area contributed by atoms with Crippen molar-refractivity contribution in [2.45, 2.75) is 50.3 Å². The number of hydrogen-bond donors (Lipinski definition) is 0. The fraction of sp³-hybridized carbons (Fsp3) is 0.733. The summed E-state index contributed by atoms with van der Waals surface area (Å²) in [6.07, 6.45) is 4.53. The number of urea groups is 1. The monoisotopic (exact) mass is 374 g/mol. The summed E-state index contributed by atoms with van der Waals surface area (Å²) >= 11 is 2.80. The Balaban J connectivity index is 2.93. The summed E-state index contributed by atoms with van der Waals surface area (Å²) in [5.74, 6) is 0.924. The molecule has 0 saturated heterocycles. The third-order valence-electron chi connectivity index (χ3n) is 2.99. The Labute approximate surface area is 151 Å². The van der Waals surface area contributed by atoms with Crippen LogP contribution in [0.2, 0.25) is 0 Å². The first kappa shape index (κ1) is 20.7. The van der Waals surface area contributed by atoms with Crippen LogP contribution in [0.4, 0.5) is 9.59 Å². The normalized spacial score (nSPS) is 11.6. The first-order chi connectivity index (χ1) is 11.5. The molecular weight excluding hydrogens is 348 g/mol. The highest BCUT2D eigenvalue weighted by Gasteiger charge is 2.15. The third kappa shape index (κ3) is 7.04. The number of aromatic nitrogens is 2. The van der Waals surface area contributed by atoms with Gasteiger partial charge in [0.05, 0.1) is 6.61 Å². The molecule has 0 aliphatic rings. The number of rotatable bonds is 8. The van der Waals surface area contributed by atoms with Gasteiger partial charge >= 0.3 is 12.1 Å². The number of amides is 2. The van der Waals surface area contributed by atoms with Gasteiger partial charge in [-0.2, -0.15) is 4.99 Å². The van der Waals surface area contributed by atoms with Crippen molar-refractivity contribution in [3.05, 3.63) is 4.80 Å². The molecule has 0 aliphatic heterocycles. The van der Waals surface area contributed by atoms with E-state index >= 15 is 0 Å². The molecule has 0 fully saturated rings. The van der Waals surface area contributed by atoms with E-state index in [-0.39, 0.29) is 4.80 Å². The number of thioether (sulfide) groups is 1. The van der Waals surface area contributed by atoms with Crippen LogP contribution in [-0.4, -0.2) is 53.3 Å². The van der Waals surface area contributed by atoms with Crippen molar-refractivity contribution in [2.24, 2.45) is 4.99 Å². The van der Waals surface area contributed by atoms with Crippen LogP contribution < -0.4 is 4.80 Å². The number of hydrogen-bond acceptors (Lipinski definition) is 6. The predicted octanol–water partition coefficient (Wildman–Crippen LogP) is 3.59. The van der Waals surface area contributed by atoms with E-state index in [1.54, 1.807) is 25.9 Å². The van der Waals surface area contributed by atoms with Gasteiger partial charge in [-0.15, -0.1) is 9.78 Å². The number of ether oxygens (including phenoxy) is 1. The Hall–Kier alpha value is -1.35. The average molecular weight is 375 g/mol. The summed E-state index contributed by atoms with van der Waals surface area (Å²) in [6.45, 7) is 4.50. The molecule has 1 heterocycles. The smallest absolute Gasteiger partial charge is 0.437 e. The topological polar surface area (TPSA) is 76.8 Å². The van der Waals surface area contributed by atoms with Gasteiger partial charge < -0.3 is 9.64 Å². The van der Waals surface area contributed by atoms with Crippen molar-refractivity contribution >= 4 is 35.2 Å². The quantitative estimate of drug-likeness (QED) is 0.513. The standard InChI is InChI=1S/C15H26N4O3S2/c1-5-7-9-11-23-14-17-19(15(21)22-10-8-6-2)13(24-14)16-12(20)18(3)4/h5-11H2,1-4H3. The number of carbonyl (C=O) groups is 2. The summed E-state index contributed by atoms with van der Waals surface area (Å²) in [7, 11) is 3.22. The van der Waals surface area contributed by atoms with Crippen LogP contribution in [-0.2, 0) is 4.74 Å². The van der Waals surface area contributed by atoms with Crippen molar-refractivity contribution in [3.8, 4) is 0 Å². The maximum absolute atomic E-state index is 12.2. The van der Waals surface area contributed by atoms with Crippen molar-refractivity contribution in [1.82, 2.24) is 14.7 Å². The molecular formula is C15H26N4O3S2. The van der Waals surface area contributed by atoms with Crippen molar-refractivity contribution in [1.29, 1.82) is 0 Å². The number of carbonyl (C=O) groups excluding carboxylic acids is 2. The van der Waals surface area contributed by atoms with Gasteiger partial charge in [0.1, 0.15) is 0 Å². The minimum Gasteiger partial charge on any atom is -0.448 e. The van der Waals surface area contributed by atoms with E-state index in [0.717, 1.165) is 42.5 Å². The number of unbranched alkanes of at least 4 members (excludes halogenated alkanes) is 3. The van der Waals surface area contributed by atoms with Gasteiger partial charge in [-0.1, -0.05) is 56.2 Å². The molecule has 1 rings (SSSR count). The molecule has 0 bridgehead atoms. The molecule has 0 radical (unpaired) electrons. The summed E-state index contributed by atoms with van der Waals surface area (Å²) in [4.78, 5) is 29.5. The molecule has 136 valence electrons. The summed E-state index contributed by atoms with van der Waals surface area (Å²) in [6, 6.07) is -0.434. The predicted molar refractivity (Wildman–Crippen MR) is 96.7 cm³/mol. The van der Waals surface area contributed by atoms with Crippen LogP contribution in [0.5, 0.6) is 0 Å². The molecule has 0 unspecified atom stereocenters. The molecule has 0 aliphatic carbocycles. The van der Waals surface area contributed by atoms with Crippen LogP contribution in [0.3, 0.4) is 0 Å². The average Bonchev–Trinajstić information content (AvgIpc) is 2.94. The molecule has 24 heavy (non-hydrogen) atoms. The maximum atomic E-state index is 12.2. The Morgan fingerprint density at radius 2 is 1.96 bits per heavy atom. The van der Waals surface area contributed by atoms with E-state index in [1.165, 1.54) is 16.2 Å². The van der Waals surface area contributed by atoms with Gasteiger partial charge in [-0.25, -0.2) is 9.59 Å². The van der Waals surface area contributed by atoms with Crippen LogP contribution in [0.15, 0.2) is 9.33 Å². The maximum Gasteiger partial charge on any atom is 0.437 e. The molecule has 0 N–H and O–H groups in total. The second-order valence-corrected chi connectivity index (χ2v) is 7.67. The molecule has 0 saturated carbocycles. The highest BCUT2D eigenvalue weighted by molar-refractivity contribution is 8.00. The van der Waals surface area contributed by atoms with E-state index < -0.39 is 12.1 Å². The van der Waals surface area contributed by atoms with E-state index in [1.807, 2.05) is 6.92 Å². The first-order valence-corrected chi connectivity index (χ1v) is 9.95. The Kier molecular flexibility index (Phi) is 9.70. The zero-order valence-electron chi connectivity index (χ0n) is 14.8. The SMILES string of the molecule is CCCCCSc1nn(C(=O)OCCCC)c(=NC(=O)N(C)C)s1. The van der Waals surface area contributed by atoms with Gasteiger partial charge in [0.15, 0.2) is 4.34 Å². The lowest BCUT2D eigenvalue weighted by molar-refractivity contribution is 0.141. The van der Waals surface area contributed by atoms with Gasteiger partial charge in [-0.05, 0) is 12.8 Å². The second-order valence-electron chi connectivity index (χ2n) is 5.37. The first-order valence-electron chi connectivity index (χ1n) is 8.15. The highest BCUT2D eigenvalue weighted by Crippen LogP contribution is 2.19. The number of nitrogens with zero attached hydrogens (tertiary/aromatic N) is 4. The van der Waals surface area contributed by atoms with Crippen LogP contribution >= 0.6 is 23.1 Å². The largest absolute Gasteiger partial charge is 0.448 e. The molecule has 9 heteroatoms. The van der Waals surface area contributed by atoms with E-state index in [9.17, 15) is 9.59 Å². The lowest BCUT2D eigenvalue weighted by Gasteiger charge is -2.04. The van der Waals surface area contributed by atoms with Gasteiger partial charge in [0, 0.05) is 19.8 Å². The van der Waals surface area contributed by atoms with E-state index in [0.29, 0.717) is 10.9 Å². The summed E-state index contributed by atoms with van der Waals surface area (Å²) in [5.41, 5.74) is 0. The minimum atomic E-state index is -0.592. The highest BCUT2D eigenvalue weighted by atomic mass is 32.2. The second kappa shape index (κ2) is 11.2. The van der Waals surface area contributed by atoms with Crippen LogP contribution in [0, 0.1) is 0 Å². The molecule has 1 aromatic rings. The Morgan fingerprint density at radius 1 is 1.25 bits per heavy atom. The lowest BCUT2D eigenvalue weighted by atomic mass is 10.3. The fourth-order valence-corrected chi connectivity index (χ4v) is 3.55. The summed E-state index contributed by atoms with van der Waals surface area (Å²) < 4.78 is 6.98. The molecule has 0 aromatic carbocycles. The third-order valence-corrected chi connectivity index (χ3v) is 5.11. The van der Waals surface area contributed by atoms with Crippen molar-refractivity contribution in [3.63, 3.8) is 0 Å². The lowest BCUT2D eigenvalue weighted by Crippen LogP contribution is -2.29. The molecule has 2 amide bonds. The van der Waals surface area contributed by atoms with E-state index in [4.69, 9.17) is 4.74 Å². The Morgan fingerprint density at radius 3 is 2.58 bits per heavy atom. The van der Waals surface area contributed by atoms with Gasteiger partial charge in [0.25, 0.3) is 0 Å². The van der Waals surface area contributed by atoms with Crippen molar-refractivity contribution < 1.29 is 14.3 Å². The van der Waals surface area contributed by atoms with Gasteiger partial charge in [0.2, 0.25) is 4.80 Å². The molecule has 0 atom stereocenters. The molecule has 1 aromatic heterocycles. The van der Waals surface area contributed by atoms with Gasteiger partial charge in [-0.3, -0.25) is 0 Å². The minimum absolute atomic E-state index is 0.244. The summed E-state index contributed by atoms with van der Waals surface area (Å²) in [5, 5.41) is 4.26. The zero-order valence-corrected chi connectivity index (χ0v) is 16.4. The zero-order chi connectivity index (χ0) is 17.9. The van der Waals surface area contributed by atoms with Crippen LogP contribution in [0.1, 0.15) is 46.0 Å². The van der Waals surface area contributed by atoms with Crippen LogP contribution in [0.25, 0.3) is 0 Å². The fourth-order valence-electron chi connectivity index (χ4n) is 1.57.